The molecule has 0 bridgehead atoms. The zero-order valence-electron chi connectivity index (χ0n) is 14.3. The molecule has 2 heterocycles. The van der Waals surface area contributed by atoms with Gasteiger partial charge in [0.05, 0.1) is 0 Å². The molecular weight excluding hydrogens is 316 g/mol. The van der Waals surface area contributed by atoms with E-state index < -0.39 is 0 Å². The molecular formula is C20H22N2OS. The van der Waals surface area contributed by atoms with Gasteiger partial charge in [0.1, 0.15) is 5.82 Å². The average Bonchev–Trinajstić information content (AvgIpc) is 3.03. The molecule has 3 nitrogen and oxygen atoms in total. The summed E-state index contributed by atoms with van der Waals surface area (Å²) in [5, 5.41) is 2.21. The van der Waals surface area contributed by atoms with Crippen molar-refractivity contribution in [1.29, 1.82) is 0 Å². The number of rotatable bonds is 2. The van der Waals surface area contributed by atoms with Crippen molar-refractivity contribution >= 4 is 28.3 Å². The summed E-state index contributed by atoms with van der Waals surface area (Å²) >= 11 is 1.79. The Bertz CT molecular complexity index is 869. The first-order chi connectivity index (χ1) is 11.7. The van der Waals surface area contributed by atoms with Gasteiger partial charge < -0.3 is 4.57 Å². The Labute approximate surface area is 147 Å². The van der Waals surface area contributed by atoms with E-state index >= 15 is 0 Å². The molecule has 1 aromatic heterocycles. The molecule has 1 atom stereocenters. The minimum absolute atomic E-state index is 0.0104. The number of hydrogen-bond acceptors (Lipinski definition) is 3. The third-order valence-electron chi connectivity index (χ3n) is 4.29. The lowest BCUT2D eigenvalue weighted by Crippen LogP contribution is -2.27. The SMILES string of the molecule is CC.Cc1nccn1CC1CSc2ccc3ccccc3c2C1=O. The quantitative estimate of drug-likeness (QED) is 0.661. The topological polar surface area (TPSA) is 34.9 Å². The van der Waals surface area contributed by atoms with Crippen LogP contribution < -0.4 is 0 Å². The number of imidazole rings is 1. The van der Waals surface area contributed by atoms with Crippen LogP contribution >= 0.6 is 11.8 Å². The fourth-order valence-corrected chi connectivity index (χ4v) is 4.22. The molecule has 4 rings (SSSR count). The number of aryl methyl sites for hydroxylation is 1. The number of carbonyl (C=O) groups excluding carboxylic acids is 1. The minimum atomic E-state index is 0.0104. The van der Waals surface area contributed by atoms with E-state index in [1.54, 1.807) is 18.0 Å². The van der Waals surface area contributed by atoms with Crippen LogP contribution in [0.15, 0.2) is 53.7 Å². The molecule has 0 saturated carbocycles. The first kappa shape index (κ1) is 16.8. The van der Waals surface area contributed by atoms with Crippen molar-refractivity contribution in [2.75, 3.05) is 5.75 Å². The van der Waals surface area contributed by atoms with Crippen LogP contribution in [-0.4, -0.2) is 21.1 Å². The Morgan fingerprint density at radius 2 is 2.00 bits per heavy atom. The predicted octanol–water partition coefficient (Wildman–Crippen LogP) is 4.98. The van der Waals surface area contributed by atoms with Crippen LogP contribution in [-0.2, 0) is 6.54 Å². The molecule has 0 spiro atoms. The molecule has 1 aliphatic heterocycles. The molecule has 4 heteroatoms. The highest BCUT2D eigenvalue weighted by Gasteiger charge is 2.29. The van der Waals surface area contributed by atoms with Crippen molar-refractivity contribution in [2.24, 2.45) is 5.92 Å². The summed E-state index contributed by atoms with van der Waals surface area (Å²) in [5.41, 5.74) is 0.900. The van der Waals surface area contributed by atoms with Gasteiger partial charge in [0.25, 0.3) is 0 Å². The lowest BCUT2D eigenvalue weighted by molar-refractivity contribution is 0.0917. The molecule has 3 aromatic rings. The number of hydrogen-bond donors (Lipinski definition) is 0. The van der Waals surface area contributed by atoms with Crippen LogP contribution in [0.5, 0.6) is 0 Å². The first-order valence-corrected chi connectivity index (χ1v) is 9.39. The summed E-state index contributed by atoms with van der Waals surface area (Å²) < 4.78 is 2.07. The summed E-state index contributed by atoms with van der Waals surface area (Å²) in [6.45, 7) is 6.68. The fraction of sp³-hybridized carbons (Fsp3) is 0.300. The molecule has 0 radical (unpaired) electrons. The second-order valence-electron chi connectivity index (χ2n) is 5.66. The maximum Gasteiger partial charge on any atom is 0.170 e. The largest absolute Gasteiger partial charge is 0.334 e. The highest BCUT2D eigenvalue weighted by molar-refractivity contribution is 7.99. The van der Waals surface area contributed by atoms with E-state index in [0.717, 1.165) is 32.8 Å². The van der Waals surface area contributed by atoms with Crippen molar-refractivity contribution in [1.82, 2.24) is 9.55 Å². The van der Waals surface area contributed by atoms with Gasteiger partial charge in [-0.05, 0) is 23.8 Å². The van der Waals surface area contributed by atoms with Crippen molar-refractivity contribution in [3.63, 3.8) is 0 Å². The summed E-state index contributed by atoms with van der Waals surface area (Å²) in [6.07, 6.45) is 3.74. The van der Waals surface area contributed by atoms with Gasteiger partial charge in [0.2, 0.25) is 0 Å². The molecule has 0 saturated heterocycles. The van der Waals surface area contributed by atoms with E-state index in [-0.39, 0.29) is 11.7 Å². The van der Waals surface area contributed by atoms with Crippen LogP contribution in [0.3, 0.4) is 0 Å². The molecule has 0 aliphatic carbocycles. The van der Waals surface area contributed by atoms with E-state index in [1.807, 2.05) is 39.1 Å². The summed E-state index contributed by atoms with van der Waals surface area (Å²) in [7, 11) is 0. The van der Waals surface area contributed by atoms with Gasteiger partial charge >= 0.3 is 0 Å². The number of fused-ring (bicyclic) bond motifs is 3. The zero-order chi connectivity index (χ0) is 17.1. The molecule has 1 aliphatic rings. The Hall–Kier alpha value is -2.07. The van der Waals surface area contributed by atoms with Crippen molar-refractivity contribution in [3.05, 3.63) is 60.2 Å². The highest BCUT2D eigenvalue weighted by Crippen LogP contribution is 2.37. The highest BCUT2D eigenvalue weighted by atomic mass is 32.2. The average molecular weight is 338 g/mol. The number of aromatic nitrogens is 2. The Morgan fingerprint density at radius 1 is 1.21 bits per heavy atom. The van der Waals surface area contributed by atoms with E-state index in [9.17, 15) is 4.79 Å². The van der Waals surface area contributed by atoms with Crippen molar-refractivity contribution < 1.29 is 4.79 Å². The number of Topliss-reactive ketones (excluding diaryl/α,β-unsaturated/α-hetero) is 1. The Morgan fingerprint density at radius 3 is 2.75 bits per heavy atom. The predicted molar refractivity (Wildman–Crippen MR) is 101 cm³/mol. The summed E-state index contributed by atoms with van der Waals surface area (Å²) in [5.74, 6) is 2.07. The maximum atomic E-state index is 13.0. The van der Waals surface area contributed by atoms with Crippen LogP contribution in [0.4, 0.5) is 0 Å². The number of carbonyl (C=O) groups is 1. The molecule has 24 heavy (non-hydrogen) atoms. The molecule has 124 valence electrons. The van der Waals surface area contributed by atoms with Gasteiger partial charge in [-0.25, -0.2) is 4.98 Å². The number of thioether (sulfide) groups is 1. The van der Waals surface area contributed by atoms with Crippen LogP contribution in [0, 0.1) is 12.8 Å². The normalized spacial score (nSPS) is 16.5. The number of benzene rings is 2. The van der Waals surface area contributed by atoms with Gasteiger partial charge in [-0.3, -0.25) is 4.79 Å². The van der Waals surface area contributed by atoms with Gasteiger partial charge in [0, 0.05) is 41.1 Å². The standard InChI is InChI=1S/C18H16N2OS.C2H6/c1-12-19-8-9-20(12)10-14-11-22-16-7-6-13-4-2-3-5-15(13)17(16)18(14)21;1-2/h2-9,14H,10-11H2,1H3;1-2H3. The lowest BCUT2D eigenvalue weighted by atomic mass is 9.93. The van der Waals surface area contributed by atoms with Gasteiger partial charge in [-0.15, -0.1) is 11.8 Å². The van der Waals surface area contributed by atoms with Gasteiger partial charge in [-0.1, -0.05) is 44.2 Å². The molecule has 0 fully saturated rings. The molecule has 2 aromatic carbocycles. The first-order valence-electron chi connectivity index (χ1n) is 8.40. The third kappa shape index (κ3) is 2.98. The van der Waals surface area contributed by atoms with E-state index in [0.29, 0.717) is 6.54 Å². The zero-order valence-corrected chi connectivity index (χ0v) is 15.1. The summed E-state index contributed by atoms with van der Waals surface area (Å²) in [6, 6.07) is 12.3. The summed E-state index contributed by atoms with van der Waals surface area (Å²) in [4.78, 5) is 18.4. The Kier molecular flexibility index (Phi) is 5.05. The van der Waals surface area contributed by atoms with E-state index in [1.165, 1.54) is 0 Å². The monoisotopic (exact) mass is 338 g/mol. The second kappa shape index (κ2) is 7.22. The van der Waals surface area contributed by atoms with Crippen LogP contribution in [0.1, 0.15) is 30.0 Å². The number of nitrogens with zero attached hydrogens (tertiary/aromatic N) is 2. The minimum Gasteiger partial charge on any atom is -0.334 e. The van der Waals surface area contributed by atoms with Crippen LogP contribution in [0.2, 0.25) is 0 Å². The number of ketones is 1. The molecule has 0 N–H and O–H groups in total. The van der Waals surface area contributed by atoms with E-state index in [2.05, 4.69) is 33.8 Å². The van der Waals surface area contributed by atoms with Crippen LogP contribution in [0.25, 0.3) is 10.8 Å². The van der Waals surface area contributed by atoms with Gasteiger partial charge in [0.15, 0.2) is 5.78 Å². The van der Waals surface area contributed by atoms with Gasteiger partial charge in [-0.2, -0.15) is 0 Å². The molecule has 1 unspecified atom stereocenters. The second-order valence-corrected chi connectivity index (χ2v) is 6.72. The molecule has 0 amide bonds. The van der Waals surface area contributed by atoms with Crippen molar-refractivity contribution in [2.45, 2.75) is 32.2 Å². The third-order valence-corrected chi connectivity index (χ3v) is 5.51. The maximum absolute atomic E-state index is 13.0. The Balaban J connectivity index is 0.000000815. The smallest absolute Gasteiger partial charge is 0.170 e. The van der Waals surface area contributed by atoms with Crippen molar-refractivity contribution in [3.8, 4) is 0 Å². The fourth-order valence-electron chi connectivity index (χ4n) is 3.07. The van der Waals surface area contributed by atoms with E-state index in [4.69, 9.17) is 0 Å². The lowest BCUT2D eigenvalue weighted by Gasteiger charge is -2.24.